The summed E-state index contributed by atoms with van der Waals surface area (Å²) < 4.78 is 0. The Labute approximate surface area is 76.8 Å². The van der Waals surface area contributed by atoms with Gasteiger partial charge in [-0.3, -0.25) is 0 Å². The van der Waals surface area contributed by atoms with Crippen LogP contribution in [0, 0.1) is 59.2 Å². The van der Waals surface area contributed by atoms with Gasteiger partial charge in [0, 0.05) is 0 Å². The average Bonchev–Trinajstić information content (AvgIpc) is 2.20. The summed E-state index contributed by atoms with van der Waals surface area (Å²) in [5, 5.41) is 31.2. The van der Waals surface area contributed by atoms with Crippen molar-refractivity contribution < 1.29 is 17.1 Å². The molecule has 6 heteroatoms. The third-order valence-corrected chi connectivity index (χ3v) is 0. The molecule has 55 valence electrons. The van der Waals surface area contributed by atoms with Gasteiger partial charge in [0.2, 0.25) is 0 Å². The van der Waals surface area contributed by atoms with Gasteiger partial charge in [0.05, 0.1) is 0 Å². The second-order valence-corrected chi connectivity index (χ2v) is 0. The van der Waals surface area contributed by atoms with Crippen LogP contribution in [0.5, 0.6) is 0 Å². The van der Waals surface area contributed by atoms with E-state index in [0.29, 0.717) is 0 Å². The third-order valence-electron chi connectivity index (χ3n) is 0. The van der Waals surface area contributed by atoms with Gasteiger partial charge in [-0.25, -0.2) is 0 Å². The van der Waals surface area contributed by atoms with E-state index in [-0.39, 0.29) is 17.1 Å². The van der Waals surface area contributed by atoms with Crippen molar-refractivity contribution in [2.75, 3.05) is 0 Å². The first-order chi connectivity index (χ1) is 5.00. The van der Waals surface area contributed by atoms with Crippen LogP contribution in [0.2, 0.25) is 0 Å². The smallest absolute Gasteiger partial charge is 0.512 e. The van der Waals surface area contributed by atoms with E-state index in [9.17, 15) is 0 Å². The molecule has 0 rings (SSSR count). The van der Waals surface area contributed by atoms with Crippen molar-refractivity contribution in [3.8, 4) is 0 Å². The van der Waals surface area contributed by atoms with Gasteiger partial charge in [-0.05, 0) is 0 Å². The van der Waals surface area contributed by atoms with Gasteiger partial charge in [0.25, 0.3) is 0 Å². The average molecular weight is 186 g/mol. The summed E-state index contributed by atoms with van der Waals surface area (Å²) in [6, 6.07) is 0. The Balaban J connectivity index is -0.00000000694. The molecule has 0 aromatic heterocycles. The van der Waals surface area contributed by atoms with E-state index in [4.69, 9.17) is 59.2 Å². The molecule has 0 saturated carbocycles. The van der Waals surface area contributed by atoms with Crippen LogP contribution in [-0.2, 0) is 17.1 Å². The standard InChI is InChI=1S/5CN.Fe/c5*1-2;/q5*-1;+3. The van der Waals surface area contributed by atoms with Crippen LogP contribution in [0.4, 0.5) is 0 Å². The second kappa shape index (κ2) is 93.9. The molecule has 0 amide bonds. The fourth-order valence-electron chi connectivity index (χ4n) is 0. The zero-order chi connectivity index (χ0) is 10.0. The molecule has 0 aliphatic carbocycles. The van der Waals surface area contributed by atoms with Gasteiger partial charge in [-0.15, -0.1) is 0 Å². The summed E-state index contributed by atoms with van der Waals surface area (Å²) in [5.41, 5.74) is 0. The summed E-state index contributed by atoms with van der Waals surface area (Å²) in [7, 11) is 0. The number of hydrogen-bond donors (Lipinski definition) is 0. The Morgan fingerprint density at radius 3 is 0.364 bits per heavy atom. The summed E-state index contributed by atoms with van der Waals surface area (Å²) in [5.74, 6) is 0. The Bertz CT molecular complexity index is 73.4. The molecular weight excluding hydrogens is 186 g/mol. The molecule has 0 N–H and O–H groups in total. The number of hydrogen-bond acceptors (Lipinski definition) is 5. The predicted octanol–water partition coefficient (Wildman–Crippen LogP) is 0.479. The van der Waals surface area contributed by atoms with E-state index in [1.165, 1.54) is 0 Å². The third kappa shape index (κ3) is 68.9. The molecule has 11 heavy (non-hydrogen) atoms. The predicted molar refractivity (Wildman–Crippen MR) is 24.8 cm³/mol. The maximum Gasteiger partial charge on any atom is 3.00 e. The van der Waals surface area contributed by atoms with Crippen molar-refractivity contribution >= 4 is 0 Å². The van der Waals surface area contributed by atoms with E-state index in [2.05, 4.69) is 0 Å². The van der Waals surface area contributed by atoms with Crippen LogP contribution in [0.1, 0.15) is 0 Å². The van der Waals surface area contributed by atoms with Crippen LogP contribution in [-0.4, -0.2) is 0 Å². The minimum atomic E-state index is 0. The normalized spacial score (nSPS) is 0.909. The molecule has 0 aromatic rings. The van der Waals surface area contributed by atoms with Gasteiger partial charge >= 0.3 is 17.1 Å². The Kier molecular flexibility index (Phi) is 551. The van der Waals surface area contributed by atoms with Crippen molar-refractivity contribution in [3.63, 3.8) is 0 Å². The topological polar surface area (TPSA) is 119 Å². The van der Waals surface area contributed by atoms with E-state index in [1.54, 1.807) is 0 Å². The molecule has 0 aromatic carbocycles. The maximum atomic E-state index is 6.25. The van der Waals surface area contributed by atoms with E-state index < -0.39 is 0 Å². The zero-order valence-electron chi connectivity index (χ0n) is 5.09. The molecule has 0 aliphatic heterocycles. The van der Waals surface area contributed by atoms with Crippen LogP contribution in [0.15, 0.2) is 0 Å². The molecule has 0 heterocycles. The molecule has 1 radical (unpaired) electrons. The van der Waals surface area contributed by atoms with Crippen LogP contribution >= 0.6 is 0 Å². The summed E-state index contributed by atoms with van der Waals surface area (Å²) in [6.07, 6.45) is 0. The minimum absolute atomic E-state index is 0. The van der Waals surface area contributed by atoms with Gasteiger partial charge in [0.1, 0.15) is 0 Å². The van der Waals surface area contributed by atoms with E-state index >= 15 is 0 Å². The summed E-state index contributed by atoms with van der Waals surface area (Å²) in [4.78, 5) is 0. The second-order valence-electron chi connectivity index (χ2n) is 0. The molecule has 0 fully saturated rings. The molecule has 0 unspecified atom stereocenters. The number of nitrogens with zero attached hydrogens (tertiary/aromatic N) is 5. The van der Waals surface area contributed by atoms with Gasteiger partial charge in [-0.1, -0.05) is 0 Å². The van der Waals surface area contributed by atoms with Gasteiger partial charge < -0.3 is 59.2 Å². The molecule has 0 aliphatic rings. The first kappa shape index (κ1) is 64.6. The zero-order valence-corrected chi connectivity index (χ0v) is 6.19. The molecule has 5 nitrogen and oxygen atoms in total. The quantitative estimate of drug-likeness (QED) is 0.402. The molecule has 0 bridgehead atoms. The first-order valence-corrected chi connectivity index (χ1v) is 1.12. The minimum Gasteiger partial charge on any atom is -0.512 e. The SMILES string of the molecule is [C-]#N.[C-]#N.[C-]#N.[C-]#N.[C-]#N.[Fe+3]. The van der Waals surface area contributed by atoms with Crippen molar-refractivity contribution in [3.05, 3.63) is 32.9 Å². The largest absolute Gasteiger partial charge is 3.00 e. The molecule has 0 saturated heterocycles. The van der Waals surface area contributed by atoms with Crippen LogP contribution in [0.3, 0.4) is 0 Å². The van der Waals surface area contributed by atoms with Crippen LogP contribution < -0.4 is 0 Å². The maximum absolute atomic E-state index is 6.25. The Morgan fingerprint density at radius 2 is 0.364 bits per heavy atom. The fourth-order valence-corrected chi connectivity index (χ4v) is 0. The molecule has 0 spiro atoms. The number of rotatable bonds is 0. The Hall–Kier alpha value is -2.03. The summed E-state index contributed by atoms with van der Waals surface area (Å²) in [6.45, 7) is 23.8. The van der Waals surface area contributed by atoms with Crippen molar-refractivity contribution in [2.24, 2.45) is 0 Å². The van der Waals surface area contributed by atoms with E-state index in [1.807, 2.05) is 0 Å². The van der Waals surface area contributed by atoms with Gasteiger partial charge in [-0.2, -0.15) is 0 Å². The van der Waals surface area contributed by atoms with Crippen molar-refractivity contribution in [2.45, 2.75) is 0 Å². The molecule has 0 atom stereocenters. The van der Waals surface area contributed by atoms with Crippen molar-refractivity contribution in [1.29, 1.82) is 26.3 Å². The van der Waals surface area contributed by atoms with Crippen molar-refractivity contribution in [1.82, 2.24) is 0 Å². The van der Waals surface area contributed by atoms with Gasteiger partial charge in [0.15, 0.2) is 0 Å². The fraction of sp³-hybridized carbons (Fsp3) is 0. The monoisotopic (exact) mass is 186 g/mol. The summed E-state index contributed by atoms with van der Waals surface area (Å²) >= 11 is 0. The van der Waals surface area contributed by atoms with Crippen LogP contribution in [0.25, 0.3) is 0 Å². The Morgan fingerprint density at radius 1 is 0.364 bits per heavy atom. The molecular formula is C5FeN5-2. The van der Waals surface area contributed by atoms with E-state index in [0.717, 1.165) is 0 Å². The first-order valence-electron chi connectivity index (χ1n) is 1.12.